The molecule has 53 heavy (non-hydrogen) atoms. The van der Waals surface area contributed by atoms with Gasteiger partial charge < -0.3 is 24.6 Å². The van der Waals surface area contributed by atoms with Crippen molar-refractivity contribution in [3.8, 4) is 5.75 Å². The Labute approximate surface area is 303 Å². The summed E-state index contributed by atoms with van der Waals surface area (Å²) in [4.78, 5) is 32.5. The molecular weight excluding hydrogens is 723 g/mol. The molecule has 1 saturated heterocycles. The molecule has 0 spiro atoms. The van der Waals surface area contributed by atoms with Gasteiger partial charge in [-0.1, -0.05) is 43.3 Å². The molecule has 1 unspecified atom stereocenters. The summed E-state index contributed by atoms with van der Waals surface area (Å²) in [5, 5.41) is 38.8. The van der Waals surface area contributed by atoms with Crippen LogP contribution in [0.25, 0.3) is 10.9 Å². The highest BCUT2D eigenvalue weighted by Gasteiger charge is 2.57. The molecule has 1 aromatic heterocycles. The van der Waals surface area contributed by atoms with E-state index in [0.717, 1.165) is 11.6 Å². The Morgan fingerprint density at radius 3 is 2.17 bits per heavy atom. The van der Waals surface area contributed by atoms with E-state index >= 15 is 0 Å². The van der Waals surface area contributed by atoms with Crippen LogP contribution < -0.4 is 4.74 Å². The molecule has 13 nitrogen and oxygen atoms in total. The number of carboxylic acids is 2. The van der Waals surface area contributed by atoms with Crippen LogP contribution in [0.15, 0.2) is 77.8 Å². The molecule has 0 bridgehead atoms. The minimum Gasteiger partial charge on any atom is -0.495 e. The van der Waals surface area contributed by atoms with Crippen LogP contribution in [0, 0.1) is 10.1 Å². The maximum Gasteiger partial charge on any atom is 0.422 e. The number of rotatable bonds is 13. The van der Waals surface area contributed by atoms with Crippen molar-refractivity contribution in [3.05, 3.63) is 99.7 Å². The smallest absolute Gasteiger partial charge is 0.422 e. The summed E-state index contributed by atoms with van der Waals surface area (Å²) in [6, 6.07) is 16.7. The number of piperidine rings is 1. The SMILES string of the molecule is CCC(=O)O.COc1cc(CCC(=O)O)ccc1S(=O)(=O)C1CCN(CC(O)(c2cn(Cc3ccccc3)c3cc([N+](=O)[O-])ccc23)C(F)(F)F)CC1. The zero-order valence-corrected chi connectivity index (χ0v) is 29.8. The Morgan fingerprint density at radius 1 is 0.981 bits per heavy atom. The Kier molecular flexibility index (Phi) is 12.9. The van der Waals surface area contributed by atoms with E-state index in [1.807, 2.05) is 0 Å². The average Bonchev–Trinajstić information content (AvgIpc) is 3.48. The monoisotopic (exact) mass is 763 g/mol. The van der Waals surface area contributed by atoms with Crippen LogP contribution in [0.2, 0.25) is 0 Å². The Balaban J connectivity index is 0.00000117. The standard InChI is InChI=1S/C33H34F3N3O8S.C3H6O2/c1-47-29-17-22(8-12-31(40)41)7-11-30(29)48(45,46)25-13-15-37(16-14-25)21-32(42,33(34,35)36)27-20-38(19-23-5-3-2-4-6-23)28-18-24(39(43)44)9-10-26(27)28;1-2-3(4)5/h2-7,9-11,17-18,20,25,42H,8,12-16,19,21H2,1H3,(H,40,41);2H2,1H3,(H,4,5). The minimum atomic E-state index is -5.15. The van der Waals surface area contributed by atoms with Gasteiger partial charge in [-0.25, -0.2) is 8.42 Å². The topological polar surface area (TPSA) is 190 Å². The summed E-state index contributed by atoms with van der Waals surface area (Å²) >= 11 is 0. The number of sulfone groups is 1. The molecule has 1 fully saturated rings. The lowest BCUT2D eigenvalue weighted by Gasteiger charge is -2.38. The number of aryl methyl sites for hydroxylation is 1. The van der Waals surface area contributed by atoms with E-state index in [1.165, 1.54) is 53.1 Å². The van der Waals surface area contributed by atoms with Crippen molar-refractivity contribution >= 4 is 38.4 Å². The van der Waals surface area contributed by atoms with Crippen molar-refractivity contribution in [2.24, 2.45) is 0 Å². The molecular formula is C36H40F3N3O10S. The molecule has 0 saturated carbocycles. The lowest BCUT2D eigenvalue weighted by molar-refractivity contribution is -0.384. The van der Waals surface area contributed by atoms with Crippen LogP contribution in [-0.4, -0.2) is 88.2 Å². The summed E-state index contributed by atoms with van der Waals surface area (Å²) < 4.78 is 78.6. The Hall–Kier alpha value is -5.00. The number of benzene rings is 3. The maximum atomic E-state index is 14.9. The molecule has 4 aromatic rings. The lowest BCUT2D eigenvalue weighted by atomic mass is 9.91. The van der Waals surface area contributed by atoms with E-state index in [1.54, 1.807) is 37.3 Å². The van der Waals surface area contributed by atoms with Crippen molar-refractivity contribution in [2.75, 3.05) is 26.7 Å². The molecule has 1 aliphatic rings. The number of nitro benzene ring substituents is 1. The predicted octanol–water partition coefficient (Wildman–Crippen LogP) is 5.79. The number of fused-ring (bicyclic) bond motifs is 1. The number of hydrogen-bond donors (Lipinski definition) is 3. The third kappa shape index (κ3) is 9.52. The van der Waals surface area contributed by atoms with Gasteiger partial charge in [-0.15, -0.1) is 0 Å². The number of non-ortho nitro benzene ring substituents is 1. The highest BCUT2D eigenvalue weighted by molar-refractivity contribution is 7.92. The fourth-order valence-electron chi connectivity index (χ4n) is 6.20. The van der Waals surface area contributed by atoms with E-state index in [2.05, 4.69) is 0 Å². The van der Waals surface area contributed by atoms with Crippen molar-refractivity contribution in [2.45, 2.75) is 67.5 Å². The highest BCUT2D eigenvalue weighted by Crippen LogP contribution is 2.44. The first kappa shape index (κ1) is 40.8. The third-order valence-electron chi connectivity index (χ3n) is 9.08. The molecule has 17 heteroatoms. The van der Waals surface area contributed by atoms with Gasteiger partial charge in [-0.2, -0.15) is 13.2 Å². The van der Waals surface area contributed by atoms with Gasteiger partial charge in [0.05, 0.1) is 22.8 Å². The van der Waals surface area contributed by atoms with Crippen molar-refractivity contribution in [1.82, 2.24) is 9.47 Å². The van der Waals surface area contributed by atoms with Crippen LogP contribution in [0.4, 0.5) is 18.9 Å². The summed E-state index contributed by atoms with van der Waals surface area (Å²) in [5.41, 5.74) is -2.69. The largest absolute Gasteiger partial charge is 0.495 e. The van der Waals surface area contributed by atoms with E-state index in [0.29, 0.717) is 5.56 Å². The molecule has 1 atom stereocenters. The molecule has 5 rings (SSSR count). The molecule has 3 N–H and O–H groups in total. The number of aromatic nitrogens is 1. The van der Waals surface area contributed by atoms with Crippen LogP contribution in [-0.2, 0) is 38.0 Å². The predicted molar refractivity (Wildman–Crippen MR) is 188 cm³/mol. The number of alkyl halides is 3. The van der Waals surface area contributed by atoms with Crippen molar-refractivity contribution < 1.29 is 56.2 Å². The average molecular weight is 764 g/mol. The van der Waals surface area contributed by atoms with Crippen molar-refractivity contribution in [3.63, 3.8) is 0 Å². The Morgan fingerprint density at radius 2 is 1.62 bits per heavy atom. The number of aliphatic carboxylic acids is 2. The van der Waals surface area contributed by atoms with Gasteiger partial charge in [-0.3, -0.25) is 24.6 Å². The first-order chi connectivity index (χ1) is 24.9. The fraction of sp³-hybridized carbons (Fsp3) is 0.389. The van der Waals surface area contributed by atoms with Gasteiger partial charge >= 0.3 is 18.1 Å². The number of methoxy groups -OCH3 is 1. The normalized spacial score (nSPS) is 15.3. The number of halogens is 3. The number of ether oxygens (including phenoxy) is 1. The molecule has 2 heterocycles. The van der Waals surface area contributed by atoms with Gasteiger partial charge in [-0.05, 0) is 61.7 Å². The molecule has 0 aliphatic carbocycles. The zero-order valence-electron chi connectivity index (χ0n) is 29.0. The van der Waals surface area contributed by atoms with Crippen molar-refractivity contribution in [1.29, 1.82) is 0 Å². The van der Waals surface area contributed by atoms with E-state index in [4.69, 9.17) is 14.9 Å². The summed E-state index contributed by atoms with van der Waals surface area (Å²) in [6.45, 7) is 0.694. The summed E-state index contributed by atoms with van der Waals surface area (Å²) in [5.74, 6) is -1.69. The second kappa shape index (κ2) is 16.8. The van der Waals surface area contributed by atoms with Crippen LogP contribution in [0.1, 0.15) is 49.3 Å². The second-order valence-corrected chi connectivity index (χ2v) is 14.8. The van der Waals surface area contributed by atoms with E-state index < -0.39 is 55.8 Å². The molecule has 1 aliphatic heterocycles. The maximum absolute atomic E-state index is 14.9. The molecule has 0 amide bonds. The number of β-amino-alcohol motifs (C(OH)–C–C–N with tert-alkyl or cyclic N) is 1. The van der Waals surface area contributed by atoms with Gasteiger partial charge in [0.25, 0.3) is 5.69 Å². The fourth-order valence-corrected chi connectivity index (χ4v) is 8.07. The first-order valence-corrected chi connectivity index (χ1v) is 18.1. The van der Waals surface area contributed by atoms with E-state index in [9.17, 15) is 46.4 Å². The molecule has 286 valence electrons. The van der Waals surface area contributed by atoms with E-state index in [-0.39, 0.29) is 79.0 Å². The van der Waals surface area contributed by atoms with Crippen LogP contribution in [0.3, 0.4) is 0 Å². The van der Waals surface area contributed by atoms with Gasteiger partial charge in [0, 0.05) is 55.2 Å². The van der Waals surface area contributed by atoms with Gasteiger partial charge in [0.1, 0.15) is 10.6 Å². The number of carboxylic acid groups (broad SMARTS) is 2. The third-order valence-corrected chi connectivity index (χ3v) is 11.4. The first-order valence-electron chi connectivity index (χ1n) is 16.6. The number of nitro groups is 1. The highest BCUT2D eigenvalue weighted by atomic mass is 32.2. The molecule has 0 radical (unpaired) electrons. The van der Waals surface area contributed by atoms with Gasteiger partial charge in [0.15, 0.2) is 9.84 Å². The molecule has 3 aromatic carbocycles. The van der Waals surface area contributed by atoms with Crippen LogP contribution in [0.5, 0.6) is 5.75 Å². The van der Waals surface area contributed by atoms with Gasteiger partial charge in [0.2, 0.25) is 5.60 Å². The lowest BCUT2D eigenvalue weighted by Crippen LogP contribution is -2.53. The number of carbonyl (C=O) groups is 2. The number of likely N-dealkylation sites (tertiary alicyclic amines) is 1. The number of aliphatic hydroxyl groups is 1. The minimum absolute atomic E-state index is 0.00714. The zero-order chi connectivity index (χ0) is 39.1. The summed E-state index contributed by atoms with van der Waals surface area (Å²) in [6.07, 6.45) is -3.75. The van der Waals surface area contributed by atoms with Crippen LogP contribution >= 0.6 is 0 Å². The number of nitrogens with zero attached hydrogens (tertiary/aromatic N) is 3. The quantitative estimate of drug-likeness (QED) is 0.110. The Bertz CT molecular complexity index is 2050. The number of hydrogen-bond acceptors (Lipinski definition) is 9. The summed E-state index contributed by atoms with van der Waals surface area (Å²) in [7, 11) is -2.68. The second-order valence-electron chi connectivity index (χ2n) is 12.6.